The first-order valence-corrected chi connectivity index (χ1v) is 7.43. The van der Waals surface area contributed by atoms with E-state index in [1.165, 1.54) is 17.3 Å². The molecular formula is C10H12N4O5S. The Balaban J connectivity index is 2.13. The lowest BCUT2D eigenvalue weighted by molar-refractivity contribution is -0.120. The molecule has 0 unspecified atom stereocenters. The summed E-state index contributed by atoms with van der Waals surface area (Å²) in [6, 6.07) is -0.586. The van der Waals surface area contributed by atoms with E-state index in [1.807, 2.05) is 0 Å². The van der Waals surface area contributed by atoms with E-state index in [9.17, 15) is 18.0 Å². The molecule has 9 nitrogen and oxygen atoms in total. The van der Waals surface area contributed by atoms with E-state index < -0.39 is 16.1 Å². The van der Waals surface area contributed by atoms with Gasteiger partial charge in [-0.05, 0) is 0 Å². The van der Waals surface area contributed by atoms with E-state index in [1.54, 1.807) is 0 Å². The Bertz CT molecular complexity index is 645. The third kappa shape index (κ3) is 3.71. The summed E-state index contributed by atoms with van der Waals surface area (Å²) in [6.45, 7) is -0.0796. The highest BCUT2D eigenvalue weighted by molar-refractivity contribution is 7.85. The third-order valence-electron chi connectivity index (χ3n) is 2.42. The van der Waals surface area contributed by atoms with E-state index in [4.69, 9.17) is 0 Å². The number of anilines is 1. The van der Waals surface area contributed by atoms with Crippen LogP contribution in [-0.2, 0) is 25.7 Å². The molecule has 0 aromatic carbocycles. The van der Waals surface area contributed by atoms with Gasteiger partial charge >= 0.3 is 6.03 Å². The predicted octanol–water partition coefficient (Wildman–Crippen LogP) is -0.601. The summed E-state index contributed by atoms with van der Waals surface area (Å²) in [5.41, 5.74) is 0.262. The van der Waals surface area contributed by atoms with E-state index in [2.05, 4.69) is 19.5 Å². The SMILES string of the molecule is CS(=O)(=O)OCc1cncc(N2CCC(=O)NC2=O)n1. The fourth-order valence-electron chi connectivity index (χ4n) is 1.54. The van der Waals surface area contributed by atoms with Gasteiger partial charge in [0.2, 0.25) is 5.91 Å². The van der Waals surface area contributed by atoms with Crippen molar-refractivity contribution in [2.24, 2.45) is 0 Å². The van der Waals surface area contributed by atoms with Crippen molar-refractivity contribution in [3.05, 3.63) is 18.1 Å². The van der Waals surface area contributed by atoms with Crippen molar-refractivity contribution in [3.8, 4) is 0 Å². The first-order chi connectivity index (χ1) is 9.35. The molecule has 1 saturated heterocycles. The van der Waals surface area contributed by atoms with Gasteiger partial charge in [0, 0.05) is 13.0 Å². The van der Waals surface area contributed by atoms with Gasteiger partial charge < -0.3 is 0 Å². The molecule has 0 spiro atoms. The Hall–Kier alpha value is -2.07. The minimum Gasteiger partial charge on any atom is -0.278 e. The van der Waals surface area contributed by atoms with Gasteiger partial charge in [0.1, 0.15) is 6.61 Å². The van der Waals surface area contributed by atoms with Crippen LogP contribution >= 0.6 is 0 Å². The minimum absolute atomic E-state index is 0.164. The smallest absolute Gasteiger partial charge is 0.278 e. The number of nitrogens with one attached hydrogen (secondary N) is 1. The number of nitrogens with zero attached hydrogens (tertiary/aromatic N) is 3. The lowest BCUT2D eigenvalue weighted by atomic mass is 10.3. The maximum Gasteiger partial charge on any atom is 0.329 e. The molecule has 0 bridgehead atoms. The van der Waals surface area contributed by atoms with Crippen molar-refractivity contribution in [2.75, 3.05) is 17.7 Å². The van der Waals surface area contributed by atoms with Crippen molar-refractivity contribution in [3.63, 3.8) is 0 Å². The first kappa shape index (κ1) is 14.3. The molecular weight excluding hydrogens is 288 g/mol. The number of carbonyl (C=O) groups excluding carboxylic acids is 2. The second-order valence-electron chi connectivity index (χ2n) is 4.09. The molecule has 2 heterocycles. The van der Waals surface area contributed by atoms with Gasteiger partial charge in [-0.2, -0.15) is 8.42 Å². The van der Waals surface area contributed by atoms with Crippen LogP contribution in [0.15, 0.2) is 12.4 Å². The van der Waals surface area contributed by atoms with Crippen molar-refractivity contribution in [1.29, 1.82) is 0 Å². The van der Waals surface area contributed by atoms with Crippen LogP contribution in [0.25, 0.3) is 0 Å². The molecule has 1 aliphatic heterocycles. The summed E-state index contributed by atoms with van der Waals surface area (Å²) >= 11 is 0. The normalized spacial score (nSPS) is 16.1. The first-order valence-electron chi connectivity index (χ1n) is 5.62. The molecule has 1 aromatic rings. The van der Waals surface area contributed by atoms with Crippen LogP contribution in [0.4, 0.5) is 10.6 Å². The van der Waals surface area contributed by atoms with Gasteiger partial charge in [-0.15, -0.1) is 0 Å². The molecule has 1 aliphatic rings. The summed E-state index contributed by atoms with van der Waals surface area (Å²) in [4.78, 5) is 31.9. The number of aromatic nitrogens is 2. The number of hydrogen-bond acceptors (Lipinski definition) is 7. The lowest BCUT2D eigenvalue weighted by Gasteiger charge is -2.25. The molecule has 0 saturated carbocycles. The number of amides is 3. The van der Waals surface area contributed by atoms with Crippen LogP contribution in [-0.4, -0.2) is 43.1 Å². The average molecular weight is 300 g/mol. The zero-order chi connectivity index (χ0) is 14.8. The molecule has 3 amide bonds. The van der Waals surface area contributed by atoms with E-state index in [0.29, 0.717) is 0 Å². The zero-order valence-electron chi connectivity index (χ0n) is 10.6. The Kier molecular flexibility index (Phi) is 3.95. The van der Waals surface area contributed by atoms with Gasteiger partial charge in [-0.3, -0.25) is 24.2 Å². The third-order valence-corrected chi connectivity index (χ3v) is 2.97. The highest BCUT2D eigenvalue weighted by Gasteiger charge is 2.25. The number of carbonyl (C=O) groups is 2. The summed E-state index contributed by atoms with van der Waals surface area (Å²) < 4.78 is 26.4. The fourth-order valence-corrected chi connectivity index (χ4v) is 1.88. The maximum absolute atomic E-state index is 11.6. The molecule has 20 heavy (non-hydrogen) atoms. The highest BCUT2D eigenvalue weighted by atomic mass is 32.2. The van der Waals surface area contributed by atoms with Crippen LogP contribution in [0.1, 0.15) is 12.1 Å². The fraction of sp³-hybridized carbons (Fsp3) is 0.400. The van der Waals surface area contributed by atoms with Crippen LogP contribution in [0.5, 0.6) is 0 Å². The maximum atomic E-state index is 11.6. The van der Waals surface area contributed by atoms with Gasteiger partial charge in [0.25, 0.3) is 10.1 Å². The number of rotatable bonds is 4. The van der Waals surface area contributed by atoms with Crippen LogP contribution in [0.3, 0.4) is 0 Å². The molecule has 0 radical (unpaired) electrons. The molecule has 10 heteroatoms. The monoisotopic (exact) mass is 300 g/mol. The van der Waals surface area contributed by atoms with Gasteiger partial charge in [-0.25, -0.2) is 9.78 Å². The molecule has 2 rings (SSSR count). The topological polar surface area (TPSA) is 119 Å². The van der Waals surface area contributed by atoms with E-state index in [0.717, 1.165) is 6.26 Å². The quantitative estimate of drug-likeness (QED) is 0.737. The minimum atomic E-state index is -3.58. The molecule has 1 aromatic heterocycles. The summed E-state index contributed by atoms with van der Waals surface area (Å²) in [7, 11) is -3.58. The Morgan fingerprint density at radius 3 is 2.80 bits per heavy atom. The van der Waals surface area contributed by atoms with Crippen LogP contribution < -0.4 is 10.2 Å². The molecule has 108 valence electrons. The van der Waals surface area contributed by atoms with Crippen molar-refractivity contribution < 1.29 is 22.2 Å². The highest BCUT2D eigenvalue weighted by Crippen LogP contribution is 2.14. The standard InChI is InChI=1S/C10H12N4O5S/c1-20(17,18)19-6-7-4-11-5-8(12-7)14-3-2-9(15)13-10(14)16/h4-5H,2-3,6H2,1H3,(H,13,15,16). The van der Waals surface area contributed by atoms with Crippen LogP contribution in [0.2, 0.25) is 0 Å². The lowest BCUT2D eigenvalue weighted by Crippen LogP contribution is -2.50. The summed E-state index contributed by atoms with van der Waals surface area (Å²) in [5.74, 6) is -0.125. The summed E-state index contributed by atoms with van der Waals surface area (Å²) in [5, 5.41) is 2.16. The van der Waals surface area contributed by atoms with E-state index >= 15 is 0 Å². The molecule has 1 fully saturated rings. The predicted molar refractivity (Wildman–Crippen MR) is 67.2 cm³/mol. The second kappa shape index (κ2) is 5.51. The van der Waals surface area contributed by atoms with Crippen molar-refractivity contribution >= 4 is 27.9 Å². The molecule has 1 N–H and O–H groups in total. The Morgan fingerprint density at radius 2 is 2.15 bits per heavy atom. The van der Waals surface area contributed by atoms with E-state index in [-0.39, 0.29) is 37.0 Å². The van der Waals surface area contributed by atoms with Gasteiger partial charge in [-0.1, -0.05) is 0 Å². The van der Waals surface area contributed by atoms with Crippen molar-refractivity contribution in [2.45, 2.75) is 13.0 Å². The van der Waals surface area contributed by atoms with Gasteiger partial charge in [0.15, 0.2) is 5.82 Å². The largest absolute Gasteiger partial charge is 0.329 e. The number of hydrogen-bond donors (Lipinski definition) is 1. The number of urea groups is 1. The van der Waals surface area contributed by atoms with Crippen LogP contribution in [0, 0.1) is 0 Å². The van der Waals surface area contributed by atoms with Crippen molar-refractivity contribution in [1.82, 2.24) is 15.3 Å². The molecule has 0 aliphatic carbocycles. The average Bonchev–Trinajstić information content (AvgIpc) is 2.36. The Labute approximate surface area is 115 Å². The molecule has 0 atom stereocenters. The number of imide groups is 1. The van der Waals surface area contributed by atoms with Gasteiger partial charge in [0.05, 0.1) is 24.3 Å². The Morgan fingerprint density at radius 1 is 1.40 bits per heavy atom. The zero-order valence-corrected chi connectivity index (χ0v) is 11.4. The second-order valence-corrected chi connectivity index (χ2v) is 5.73. The summed E-state index contributed by atoms with van der Waals surface area (Å²) in [6.07, 6.45) is 3.77.